The fourth-order valence-electron chi connectivity index (χ4n) is 3.90. The minimum Gasteiger partial charge on any atom is -0.359 e. The number of aromatic nitrogens is 3. The minimum atomic E-state index is -0.615. The number of carbonyl (C=O) groups excluding carboxylic acids is 2. The Balaban J connectivity index is 1.51. The second kappa shape index (κ2) is 8.02. The Kier molecular flexibility index (Phi) is 5.27. The van der Waals surface area contributed by atoms with E-state index in [-0.39, 0.29) is 11.8 Å². The Hall–Kier alpha value is -3.61. The molecule has 152 valence electrons. The average molecular weight is 401 g/mol. The summed E-state index contributed by atoms with van der Waals surface area (Å²) < 4.78 is 0. The van der Waals surface area contributed by atoms with E-state index < -0.39 is 5.41 Å². The van der Waals surface area contributed by atoms with Gasteiger partial charge in [-0.05, 0) is 31.0 Å². The van der Waals surface area contributed by atoms with Gasteiger partial charge < -0.3 is 10.2 Å². The van der Waals surface area contributed by atoms with E-state index >= 15 is 0 Å². The molecule has 0 spiro atoms. The number of aryl methyl sites for hydroxylation is 1. The lowest BCUT2D eigenvalue weighted by molar-refractivity contribution is -0.138. The molecule has 0 unspecified atom stereocenters. The van der Waals surface area contributed by atoms with Crippen LogP contribution >= 0.6 is 0 Å². The van der Waals surface area contributed by atoms with Crippen LogP contribution in [-0.4, -0.2) is 51.8 Å². The maximum absolute atomic E-state index is 13.0. The zero-order valence-electron chi connectivity index (χ0n) is 17.0. The van der Waals surface area contributed by atoms with Gasteiger partial charge in [0.1, 0.15) is 0 Å². The highest BCUT2D eigenvalue weighted by atomic mass is 16.2. The van der Waals surface area contributed by atoms with Crippen molar-refractivity contribution in [1.82, 2.24) is 25.2 Å². The second-order valence-corrected chi connectivity index (χ2v) is 7.62. The number of carbonyl (C=O) groups is 2. The predicted molar refractivity (Wildman–Crippen MR) is 113 cm³/mol. The van der Waals surface area contributed by atoms with Gasteiger partial charge in [0.2, 0.25) is 5.91 Å². The Bertz CT molecular complexity index is 1060. The SMILES string of the molecule is CNC(=O)C1(Cc2ccccc2)CN(C(=O)c2cnc(-c3cccnc3)nc2C)C1. The van der Waals surface area contributed by atoms with Crippen LogP contribution in [0.2, 0.25) is 0 Å². The van der Waals surface area contributed by atoms with Crippen LogP contribution in [0.3, 0.4) is 0 Å². The number of pyridine rings is 1. The molecular formula is C23H23N5O2. The third-order valence-electron chi connectivity index (χ3n) is 5.50. The molecule has 1 aliphatic rings. The molecule has 0 aliphatic carbocycles. The van der Waals surface area contributed by atoms with E-state index in [9.17, 15) is 9.59 Å². The molecule has 7 nitrogen and oxygen atoms in total. The summed E-state index contributed by atoms with van der Waals surface area (Å²) in [4.78, 5) is 40.3. The minimum absolute atomic E-state index is 0.0460. The Morgan fingerprint density at radius 2 is 1.87 bits per heavy atom. The van der Waals surface area contributed by atoms with Crippen LogP contribution < -0.4 is 5.32 Å². The van der Waals surface area contributed by atoms with Crippen molar-refractivity contribution < 1.29 is 9.59 Å². The number of hydrogen-bond acceptors (Lipinski definition) is 5. The van der Waals surface area contributed by atoms with Gasteiger partial charge in [-0.15, -0.1) is 0 Å². The van der Waals surface area contributed by atoms with Gasteiger partial charge in [-0.1, -0.05) is 30.3 Å². The normalized spacial score (nSPS) is 14.7. The molecule has 1 aromatic carbocycles. The van der Waals surface area contributed by atoms with Crippen LogP contribution in [0.25, 0.3) is 11.4 Å². The first-order chi connectivity index (χ1) is 14.5. The van der Waals surface area contributed by atoms with Crippen LogP contribution in [0.4, 0.5) is 0 Å². The van der Waals surface area contributed by atoms with Crippen LogP contribution in [-0.2, 0) is 11.2 Å². The molecule has 3 heterocycles. The second-order valence-electron chi connectivity index (χ2n) is 7.62. The number of nitrogens with one attached hydrogen (secondary N) is 1. The van der Waals surface area contributed by atoms with Crippen molar-refractivity contribution in [2.24, 2.45) is 5.41 Å². The van der Waals surface area contributed by atoms with E-state index in [0.29, 0.717) is 36.6 Å². The lowest BCUT2D eigenvalue weighted by Crippen LogP contribution is -2.65. The van der Waals surface area contributed by atoms with Crippen molar-refractivity contribution in [2.45, 2.75) is 13.3 Å². The largest absolute Gasteiger partial charge is 0.359 e. The summed E-state index contributed by atoms with van der Waals surface area (Å²) in [5.41, 5.74) is 2.32. The van der Waals surface area contributed by atoms with Crippen molar-refractivity contribution in [3.05, 3.63) is 77.9 Å². The summed E-state index contributed by atoms with van der Waals surface area (Å²) in [6, 6.07) is 13.6. The van der Waals surface area contributed by atoms with E-state index in [4.69, 9.17) is 0 Å². The van der Waals surface area contributed by atoms with Gasteiger partial charge in [-0.25, -0.2) is 9.97 Å². The standard InChI is InChI=1S/C23H23N5O2/c1-16-19(13-26-20(27-16)18-9-6-10-25-12-18)21(29)28-14-23(15-28,22(30)24-2)11-17-7-4-3-5-8-17/h3-10,12-13H,11,14-15H2,1-2H3,(H,24,30). The lowest BCUT2D eigenvalue weighted by atomic mass is 9.73. The topological polar surface area (TPSA) is 88.1 Å². The number of benzene rings is 1. The van der Waals surface area contributed by atoms with Crippen LogP contribution in [0, 0.1) is 12.3 Å². The van der Waals surface area contributed by atoms with E-state index in [2.05, 4.69) is 20.3 Å². The number of amides is 2. The third-order valence-corrected chi connectivity index (χ3v) is 5.50. The van der Waals surface area contributed by atoms with Crippen LogP contribution in [0.5, 0.6) is 0 Å². The van der Waals surface area contributed by atoms with E-state index in [1.165, 1.54) is 0 Å². The van der Waals surface area contributed by atoms with E-state index in [1.54, 1.807) is 37.5 Å². The average Bonchev–Trinajstić information content (AvgIpc) is 2.76. The fourth-order valence-corrected chi connectivity index (χ4v) is 3.90. The first-order valence-electron chi connectivity index (χ1n) is 9.82. The summed E-state index contributed by atoms with van der Waals surface area (Å²) in [6.07, 6.45) is 5.52. The zero-order chi connectivity index (χ0) is 21.1. The molecule has 2 amide bonds. The zero-order valence-corrected chi connectivity index (χ0v) is 17.0. The maximum atomic E-state index is 13.0. The van der Waals surface area contributed by atoms with Gasteiger partial charge in [0, 0.05) is 44.3 Å². The van der Waals surface area contributed by atoms with E-state index in [0.717, 1.165) is 11.1 Å². The molecule has 3 aromatic rings. The highest BCUT2D eigenvalue weighted by Crippen LogP contribution is 2.36. The van der Waals surface area contributed by atoms with Gasteiger partial charge in [-0.2, -0.15) is 0 Å². The molecule has 1 N–H and O–H groups in total. The number of rotatable bonds is 5. The molecule has 1 saturated heterocycles. The highest BCUT2D eigenvalue weighted by molar-refractivity contribution is 5.97. The molecule has 7 heteroatoms. The Morgan fingerprint density at radius 3 is 2.50 bits per heavy atom. The van der Waals surface area contributed by atoms with Gasteiger partial charge in [0.05, 0.1) is 16.7 Å². The number of nitrogens with zero attached hydrogens (tertiary/aromatic N) is 4. The van der Waals surface area contributed by atoms with Crippen molar-refractivity contribution in [2.75, 3.05) is 20.1 Å². The monoisotopic (exact) mass is 401 g/mol. The predicted octanol–water partition coefficient (Wildman–Crippen LogP) is 2.28. The first-order valence-corrected chi connectivity index (χ1v) is 9.82. The molecule has 0 saturated carbocycles. The Morgan fingerprint density at radius 1 is 1.10 bits per heavy atom. The maximum Gasteiger partial charge on any atom is 0.257 e. The first kappa shape index (κ1) is 19.7. The smallest absolute Gasteiger partial charge is 0.257 e. The summed E-state index contributed by atoms with van der Waals surface area (Å²) in [5, 5.41) is 2.76. The van der Waals surface area contributed by atoms with Crippen LogP contribution in [0.15, 0.2) is 61.1 Å². The summed E-state index contributed by atoms with van der Waals surface area (Å²) >= 11 is 0. The number of likely N-dealkylation sites (tertiary alicyclic amines) is 1. The molecule has 1 fully saturated rings. The van der Waals surface area contributed by atoms with Crippen LogP contribution in [0.1, 0.15) is 21.6 Å². The molecule has 0 bridgehead atoms. The quantitative estimate of drug-likeness (QED) is 0.709. The fraction of sp³-hybridized carbons (Fsp3) is 0.261. The van der Waals surface area contributed by atoms with Gasteiger partial charge >= 0.3 is 0 Å². The lowest BCUT2D eigenvalue weighted by Gasteiger charge is -2.48. The van der Waals surface area contributed by atoms with Crippen molar-refractivity contribution in [1.29, 1.82) is 0 Å². The van der Waals surface area contributed by atoms with Crippen molar-refractivity contribution in [3.8, 4) is 11.4 Å². The summed E-state index contributed by atoms with van der Waals surface area (Å²) in [5.74, 6) is 0.331. The van der Waals surface area contributed by atoms with Gasteiger partial charge in [0.25, 0.3) is 5.91 Å². The highest BCUT2D eigenvalue weighted by Gasteiger charge is 2.50. The molecule has 30 heavy (non-hydrogen) atoms. The van der Waals surface area contributed by atoms with Crippen molar-refractivity contribution >= 4 is 11.8 Å². The molecule has 2 aromatic heterocycles. The molecule has 0 radical (unpaired) electrons. The summed E-state index contributed by atoms with van der Waals surface area (Å²) in [7, 11) is 1.63. The molecule has 4 rings (SSSR count). The molecule has 0 atom stereocenters. The van der Waals surface area contributed by atoms with Gasteiger partial charge in [-0.3, -0.25) is 14.6 Å². The summed E-state index contributed by atoms with van der Waals surface area (Å²) in [6.45, 7) is 2.53. The molecular weight excluding hydrogens is 378 g/mol. The Labute approximate surface area is 175 Å². The molecule has 1 aliphatic heterocycles. The van der Waals surface area contributed by atoms with Gasteiger partial charge in [0.15, 0.2) is 5.82 Å². The van der Waals surface area contributed by atoms with E-state index in [1.807, 2.05) is 42.5 Å². The third kappa shape index (κ3) is 3.66. The van der Waals surface area contributed by atoms with Crippen molar-refractivity contribution in [3.63, 3.8) is 0 Å². The number of hydrogen-bond donors (Lipinski definition) is 1.